The van der Waals surface area contributed by atoms with Crippen LogP contribution in [0.15, 0.2) is 42.7 Å². The highest BCUT2D eigenvalue weighted by Crippen LogP contribution is 2.14. The van der Waals surface area contributed by atoms with Crippen molar-refractivity contribution in [1.82, 2.24) is 4.57 Å². The third-order valence-electron chi connectivity index (χ3n) is 7.29. The molecule has 0 bridgehead atoms. The van der Waals surface area contributed by atoms with Gasteiger partial charge in [-0.3, -0.25) is 0 Å². The largest absolute Gasteiger partial charge is 0.256 e. The Labute approximate surface area is 212 Å². The van der Waals surface area contributed by atoms with Crippen LogP contribution in [0.4, 0.5) is 0 Å². The minimum Gasteiger partial charge on any atom is -0.234 e. The first-order chi connectivity index (χ1) is 16.8. The lowest BCUT2D eigenvalue weighted by molar-refractivity contribution is -0.704. The fourth-order valence-corrected chi connectivity index (χ4v) is 5.10. The minimum atomic E-state index is 0.997. The van der Waals surface area contributed by atoms with Crippen LogP contribution in [0.3, 0.4) is 0 Å². The van der Waals surface area contributed by atoms with Crippen molar-refractivity contribution in [2.75, 3.05) is 0 Å². The zero-order valence-corrected chi connectivity index (χ0v) is 22.8. The van der Waals surface area contributed by atoms with Gasteiger partial charge >= 0.3 is 0 Å². The molecule has 1 heterocycles. The molecule has 192 valence electrons. The summed E-state index contributed by atoms with van der Waals surface area (Å²) in [5, 5.41) is 0. The van der Waals surface area contributed by atoms with Gasteiger partial charge in [-0.25, -0.2) is 9.13 Å². The number of hydrogen-bond acceptors (Lipinski definition) is 0. The Hall–Kier alpha value is -1.57. The summed E-state index contributed by atoms with van der Waals surface area (Å²) in [4.78, 5) is 0. The van der Waals surface area contributed by atoms with E-state index in [-0.39, 0.29) is 0 Å². The van der Waals surface area contributed by atoms with Crippen LogP contribution < -0.4 is 4.57 Å². The normalized spacial score (nSPS) is 11.4. The quantitative estimate of drug-likeness (QED) is 0.120. The maximum Gasteiger partial charge on any atom is 0.256 e. The zero-order valence-electron chi connectivity index (χ0n) is 22.8. The molecule has 1 aromatic carbocycles. The van der Waals surface area contributed by atoms with Gasteiger partial charge in [0.05, 0.1) is 6.54 Å². The summed E-state index contributed by atoms with van der Waals surface area (Å²) in [6, 6.07) is 10.9. The number of nitrogens with zero attached hydrogens (tertiary/aromatic N) is 2. The maximum absolute atomic E-state index is 2.54. The average Bonchev–Trinajstić information content (AvgIpc) is 3.23. The molecule has 0 aliphatic heterocycles. The Balaban J connectivity index is 1.63. The minimum absolute atomic E-state index is 0.997. The van der Waals surface area contributed by atoms with Gasteiger partial charge in [-0.15, -0.1) is 0 Å². The van der Waals surface area contributed by atoms with Gasteiger partial charge in [-0.1, -0.05) is 140 Å². The van der Waals surface area contributed by atoms with E-state index in [0.29, 0.717) is 0 Å². The van der Waals surface area contributed by atoms with Gasteiger partial charge in [-0.2, -0.15) is 0 Å². The predicted molar refractivity (Wildman–Crippen MR) is 148 cm³/mol. The summed E-state index contributed by atoms with van der Waals surface area (Å²) in [5.41, 5.74) is 1.40. The first-order valence-electron chi connectivity index (χ1n) is 15.0. The van der Waals surface area contributed by atoms with Crippen molar-refractivity contribution in [2.45, 2.75) is 149 Å². The molecule has 0 saturated carbocycles. The second kappa shape index (κ2) is 19.7. The second-order valence-corrected chi connectivity index (χ2v) is 10.4. The topological polar surface area (TPSA) is 8.81 Å². The Morgan fingerprint density at radius 1 is 0.588 bits per heavy atom. The Morgan fingerprint density at radius 3 is 1.65 bits per heavy atom. The van der Waals surface area contributed by atoms with Crippen LogP contribution in [0.2, 0.25) is 0 Å². The van der Waals surface area contributed by atoms with E-state index < -0.39 is 0 Å². The molecule has 0 fully saturated rings. The molecule has 0 radical (unpaired) electrons. The van der Waals surface area contributed by atoms with Crippen molar-refractivity contribution in [3.8, 4) is 0 Å². The Kier molecular flexibility index (Phi) is 16.6. The summed E-state index contributed by atoms with van der Waals surface area (Å²) >= 11 is 0. The van der Waals surface area contributed by atoms with Crippen LogP contribution in [-0.2, 0) is 19.5 Å². The molecule has 0 aliphatic rings. The molecule has 2 nitrogen and oxygen atoms in total. The van der Waals surface area contributed by atoms with Crippen LogP contribution in [0.1, 0.15) is 141 Å². The highest BCUT2D eigenvalue weighted by atomic mass is 15.1. The van der Waals surface area contributed by atoms with Crippen molar-refractivity contribution in [3.63, 3.8) is 0 Å². The molecular formula is C32H55N2+. The van der Waals surface area contributed by atoms with Gasteiger partial charge in [0.1, 0.15) is 18.9 Å². The van der Waals surface area contributed by atoms with E-state index in [4.69, 9.17) is 0 Å². The molecule has 0 amide bonds. The van der Waals surface area contributed by atoms with E-state index in [1.165, 1.54) is 140 Å². The van der Waals surface area contributed by atoms with Crippen molar-refractivity contribution in [2.24, 2.45) is 0 Å². The lowest BCUT2D eigenvalue weighted by atomic mass is 10.0. The van der Waals surface area contributed by atoms with Crippen LogP contribution in [-0.4, -0.2) is 4.57 Å². The predicted octanol–water partition coefficient (Wildman–Crippen LogP) is 9.43. The number of rotatable bonds is 22. The number of benzene rings is 1. The number of hydrogen-bond donors (Lipinski definition) is 0. The van der Waals surface area contributed by atoms with Crippen LogP contribution in [0.25, 0.3) is 0 Å². The molecule has 0 saturated heterocycles. The SMILES string of the molecule is CCCCCCCCCCCCCCCCc1n(Cc2ccccc2)cc[n+]1CCCCCC. The lowest BCUT2D eigenvalue weighted by Crippen LogP contribution is -2.37. The van der Waals surface area contributed by atoms with Gasteiger partial charge in [0.25, 0.3) is 5.82 Å². The molecule has 2 aromatic rings. The van der Waals surface area contributed by atoms with Gasteiger partial charge in [0.15, 0.2) is 0 Å². The fourth-order valence-electron chi connectivity index (χ4n) is 5.10. The molecule has 0 aliphatic carbocycles. The fraction of sp³-hybridized carbons (Fsp3) is 0.719. The van der Waals surface area contributed by atoms with E-state index in [1.807, 2.05) is 0 Å². The van der Waals surface area contributed by atoms with Crippen LogP contribution in [0.5, 0.6) is 0 Å². The van der Waals surface area contributed by atoms with Crippen LogP contribution in [0, 0.1) is 0 Å². The summed E-state index contributed by atoms with van der Waals surface area (Å²) < 4.78 is 5.04. The zero-order chi connectivity index (χ0) is 24.1. The van der Waals surface area contributed by atoms with E-state index in [1.54, 1.807) is 0 Å². The highest BCUT2D eigenvalue weighted by molar-refractivity contribution is 5.15. The number of imidazole rings is 1. The van der Waals surface area contributed by atoms with Crippen molar-refractivity contribution in [3.05, 3.63) is 54.1 Å². The third kappa shape index (κ3) is 12.8. The van der Waals surface area contributed by atoms with E-state index >= 15 is 0 Å². The Morgan fingerprint density at radius 2 is 1.09 bits per heavy atom. The van der Waals surface area contributed by atoms with Crippen molar-refractivity contribution < 1.29 is 4.57 Å². The van der Waals surface area contributed by atoms with Gasteiger partial charge in [0.2, 0.25) is 0 Å². The van der Waals surface area contributed by atoms with Gasteiger partial charge in [-0.05, 0) is 24.8 Å². The molecule has 0 N–H and O–H groups in total. The number of aryl methyl sites for hydroxylation is 1. The molecule has 0 unspecified atom stereocenters. The third-order valence-corrected chi connectivity index (χ3v) is 7.29. The molecule has 1 aromatic heterocycles. The summed E-state index contributed by atoms with van der Waals surface area (Å²) in [6.07, 6.45) is 31.2. The van der Waals surface area contributed by atoms with Crippen LogP contribution >= 0.6 is 0 Å². The van der Waals surface area contributed by atoms with Gasteiger partial charge < -0.3 is 0 Å². The molecule has 0 spiro atoms. The lowest BCUT2D eigenvalue weighted by Gasteiger charge is -2.07. The number of aromatic nitrogens is 2. The number of unbranched alkanes of at least 4 members (excludes halogenated alkanes) is 16. The molecule has 2 rings (SSSR count). The first-order valence-corrected chi connectivity index (χ1v) is 15.0. The summed E-state index contributed by atoms with van der Waals surface area (Å²) in [6.45, 7) is 6.77. The Bertz CT molecular complexity index is 703. The molecule has 34 heavy (non-hydrogen) atoms. The monoisotopic (exact) mass is 467 g/mol. The highest BCUT2D eigenvalue weighted by Gasteiger charge is 2.17. The maximum atomic E-state index is 2.54. The molecule has 0 atom stereocenters. The first kappa shape index (κ1) is 28.7. The van der Waals surface area contributed by atoms with Crippen molar-refractivity contribution >= 4 is 0 Å². The summed E-state index contributed by atoms with van der Waals surface area (Å²) in [7, 11) is 0. The van der Waals surface area contributed by atoms with E-state index in [2.05, 4.69) is 65.7 Å². The van der Waals surface area contributed by atoms with E-state index in [0.717, 1.165) is 6.54 Å². The molecular weight excluding hydrogens is 412 g/mol. The summed E-state index contributed by atoms with van der Waals surface area (Å²) in [5.74, 6) is 1.53. The van der Waals surface area contributed by atoms with E-state index in [9.17, 15) is 0 Å². The average molecular weight is 468 g/mol. The van der Waals surface area contributed by atoms with Gasteiger partial charge in [0, 0.05) is 6.42 Å². The standard InChI is InChI=1S/C32H55N2/c1-3-5-7-9-10-11-12-13-14-15-16-17-18-22-26-32-33(27-23-8-6-4-2)28-29-34(32)30-31-24-20-19-21-25-31/h19-21,24-25,28-29H,3-18,22-23,26-27,30H2,1-2H3/q+1. The molecule has 2 heteroatoms. The second-order valence-electron chi connectivity index (χ2n) is 10.4. The smallest absolute Gasteiger partial charge is 0.234 e. The van der Waals surface area contributed by atoms with Crippen molar-refractivity contribution in [1.29, 1.82) is 0 Å².